The second-order valence-corrected chi connectivity index (χ2v) is 10.9. The predicted molar refractivity (Wildman–Crippen MR) is 143 cm³/mol. The molecule has 0 spiro atoms. The van der Waals surface area contributed by atoms with E-state index in [0.717, 1.165) is 5.46 Å². The van der Waals surface area contributed by atoms with E-state index in [2.05, 4.69) is 10.2 Å². The minimum Gasteiger partial charge on any atom is -0.505 e. The van der Waals surface area contributed by atoms with Crippen LogP contribution in [0, 0.1) is 11.8 Å². The van der Waals surface area contributed by atoms with Crippen LogP contribution < -0.4 is 5.46 Å². The number of rotatable bonds is 9. The molecule has 1 fully saturated rings. The summed E-state index contributed by atoms with van der Waals surface area (Å²) in [5.74, 6) is -0.421. The molecule has 3 heterocycles. The van der Waals surface area contributed by atoms with Crippen LogP contribution in [0.5, 0.6) is 5.75 Å². The number of ether oxygens (including phenoxy) is 2. The quantitative estimate of drug-likeness (QED) is 0.381. The van der Waals surface area contributed by atoms with Crippen molar-refractivity contribution in [2.75, 3.05) is 13.2 Å². The van der Waals surface area contributed by atoms with Gasteiger partial charge in [-0.1, -0.05) is 27.7 Å². The summed E-state index contributed by atoms with van der Waals surface area (Å²) >= 11 is 0. The zero-order valence-electron chi connectivity index (χ0n) is 24.3. The first kappa shape index (κ1) is 31.4. The lowest BCUT2D eigenvalue weighted by Crippen LogP contribution is -2.41. The number of hydrogen-bond acceptors (Lipinski definition) is 9. The minimum absolute atomic E-state index is 0.0462. The average Bonchev–Trinajstić information content (AvgIpc) is 3.47. The summed E-state index contributed by atoms with van der Waals surface area (Å²) in [6.07, 6.45) is 6.22. The second kappa shape index (κ2) is 12.8. The van der Waals surface area contributed by atoms with Gasteiger partial charge in [-0.15, -0.1) is 0 Å². The van der Waals surface area contributed by atoms with E-state index in [9.17, 15) is 9.59 Å². The molecule has 0 aliphatic carbocycles. The Morgan fingerprint density at radius 3 is 1.66 bits per heavy atom. The maximum Gasteiger partial charge on any atom is 0.498 e. The average molecular weight is 534 g/mol. The third-order valence-electron chi connectivity index (χ3n) is 6.62. The fraction of sp³-hybridized carbons (Fsp3) is 0.692. The van der Waals surface area contributed by atoms with Gasteiger partial charge in [-0.3, -0.25) is 9.36 Å². The number of aromatic nitrogens is 4. The molecule has 2 aromatic rings. The van der Waals surface area contributed by atoms with Crippen molar-refractivity contribution < 1.29 is 33.5 Å². The molecule has 0 aromatic carbocycles. The summed E-state index contributed by atoms with van der Waals surface area (Å²) in [6, 6.07) is -0.933. The van der Waals surface area contributed by atoms with Crippen LogP contribution in [0.25, 0.3) is 0 Å². The van der Waals surface area contributed by atoms with Gasteiger partial charge in [-0.2, -0.15) is 10.2 Å². The highest BCUT2D eigenvalue weighted by Crippen LogP contribution is 2.36. The minimum atomic E-state index is -0.483. The van der Waals surface area contributed by atoms with Crippen molar-refractivity contribution in [3.05, 3.63) is 24.8 Å². The Bertz CT molecular complexity index is 1050. The van der Waals surface area contributed by atoms with Crippen LogP contribution in [0.2, 0.25) is 0 Å². The summed E-state index contributed by atoms with van der Waals surface area (Å²) in [5.41, 5.74) is -0.00456. The van der Waals surface area contributed by atoms with Gasteiger partial charge in [0.25, 0.3) is 0 Å². The smallest absolute Gasteiger partial charge is 0.498 e. The number of esters is 2. The van der Waals surface area contributed by atoms with Crippen molar-refractivity contribution in [3.63, 3.8) is 0 Å². The van der Waals surface area contributed by atoms with Crippen molar-refractivity contribution in [3.8, 4) is 5.75 Å². The Kier molecular flexibility index (Phi) is 10.6. The fourth-order valence-corrected chi connectivity index (χ4v) is 3.91. The Hall–Kier alpha value is -2.86. The molecule has 212 valence electrons. The van der Waals surface area contributed by atoms with Crippen LogP contribution in [0.4, 0.5) is 0 Å². The summed E-state index contributed by atoms with van der Waals surface area (Å²) in [6.45, 7) is 20.0. The zero-order chi connectivity index (χ0) is 28.8. The molecule has 0 radical (unpaired) electrons. The van der Waals surface area contributed by atoms with Gasteiger partial charge in [0.2, 0.25) is 0 Å². The highest BCUT2D eigenvalue weighted by Gasteiger charge is 2.52. The number of hydrogen-bond donors (Lipinski definition) is 1. The Morgan fingerprint density at radius 2 is 1.29 bits per heavy atom. The Balaban J connectivity index is 0.000000293. The first-order valence-corrected chi connectivity index (χ1v) is 13.1. The van der Waals surface area contributed by atoms with Gasteiger partial charge in [0, 0.05) is 17.9 Å². The van der Waals surface area contributed by atoms with Crippen molar-refractivity contribution >= 4 is 24.5 Å². The molecule has 11 nitrogen and oxygen atoms in total. The fourth-order valence-electron chi connectivity index (χ4n) is 3.91. The summed E-state index contributed by atoms with van der Waals surface area (Å²) in [7, 11) is -0.483. The normalized spacial score (nSPS) is 17.6. The molecule has 1 N–H and O–H groups in total. The van der Waals surface area contributed by atoms with E-state index in [1.54, 1.807) is 24.7 Å². The van der Waals surface area contributed by atoms with Crippen molar-refractivity contribution in [1.82, 2.24) is 19.6 Å². The highest BCUT2D eigenvalue weighted by molar-refractivity contribution is 6.62. The molecule has 38 heavy (non-hydrogen) atoms. The third-order valence-corrected chi connectivity index (χ3v) is 6.62. The first-order chi connectivity index (χ1) is 17.6. The van der Waals surface area contributed by atoms with E-state index < -0.39 is 30.4 Å². The zero-order valence-corrected chi connectivity index (χ0v) is 24.3. The lowest BCUT2D eigenvalue weighted by atomic mass is 9.82. The van der Waals surface area contributed by atoms with Crippen molar-refractivity contribution in [2.24, 2.45) is 11.8 Å². The predicted octanol–water partition coefficient (Wildman–Crippen LogP) is 3.29. The van der Waals surface area contributed by atoms with E-state index in [4.69, 9.17) is 23.9 Å². The highest BCUT2D eigenvalue weighted by atomic mass is 16.7. The topological polar surface area (TPSA) is 127 Å². The molecular formula is C26H43BN4O7. The molecule has 2 unspecified atom stereocenters. The second-order valence-electron chi connectivity index (χ2n) is 10.9. The van der Waals surface area contributed by atoms with E-state index in [1.807, 2.05) is 61.6 Å². The van der Waals surface area contributed by atoms with Gasteiger partial charge in [-0.25, -0.2) is 9.59 Å². The van der Waals surface area contributed by atoms with E-state index in [-0.39, 0.29) is 29.5 Å². The SMILES string of the molecule is CCOC(=O)C(C(C)C)n1cc(B2OC(C)(C)C(C)(C)O2)cn1.CCOC(=O)C(C(C)C)n1cc(O)cn1. The van der Waals surface area contributed by atoms with Gasteiger partial charge in [0.1, 0.15) is 0 Å². The van der Waals surface area contributed by atoms with Crippen LogP contribution in [-0.2, 0) is 28.4 Å². The van der Waals surface area contributed by atoms with Crippen LogP contribution >= 0.6 is 0 Å². The van der Waals surface area contributed by atoms with Gasteiger partial charge < -0.3 is 23.9 Å². The molecule has 1 aliphatic rings. The number of carbonyl (C=O) groups excluding carboxylic acids is 2. The monoisotopic (exact) mass is 534 g/mol. The molecular weight excluding hydrogens is 491 g/mol. The van der Waals surface area contributed by atoms with Gasteiger partial charge >= 0.3 is 19.1 Å². The van der Waals surface area contributed by atoms with Crippen molar-refractivity contribution in [2.45, 2.75) is 92.5 Å². The summed E-state index contributed by atoms with van der Waals surface area (Å²) in [5, 5.41) is 17.4. The van der Waals surface area contributed by atoms with Crippen LogP contribution in [0.15, 0.2) is 24.8 Å². The van der Waals surface area contributed by atoms with Gasteiger partial charge in [0.05, 0.1) is 36.8 Å². The number of carbonyl (C=O) groups is 2. The standard InChI is InChI=1S/C16H27BN2O4.C10H16N2O3/c1-8-21-14(20)13(11(2)3)19-10-12(9-18-19)17-22-15(4,5)16(6,7)23-17;1-4-15-10(14)9(7(2)3)12-6-8(13)5-11-12/h9-11,13H,8H2,1-7H3;5-7,9,13H,4H2,1-3H3. The van der Waals surface area contributed by atoms with E-state index in [1.165, 1.54) is 17.1 Å². The molecule has 1 saturated heterocycles. The Morgan fingerprint density at radius 1 is 0.868 bits per heavy atom. The van der Waals surface area contributed by atoms with Crippen molar-refractivity contribution in [1.29, 1.82) is 0 Å². The van der Waals surface area contributed by atoms with Crippen LogP contribution in [0.1, 0.15) is 81.3 Å². The maximum atomic E-state index is 12.2. The maximum absolute atomic E-state index is 12.2. The molecule has 3 rings (SSSR count). The number of aromatic hydroxyl groups is 1. The lowest BCUT2D eigenvalue weighted by molar-refractivity contribution is -0.149. The molecule has 0 saturated carbocycles. The summed E-state index contributed by atoms with van der Waals surface area (Å²) < 4.78 is 25.2. The first-order valence-electron chi connectivity index (χ1n) is 13.1. The molecule has 2 atom stereocenters. The van der Waals surface area contributed by atoms with E-state index >= 15 is 0 Å². The van der Waals surface area contributed by atoms with Crippen LogP contribution in [0.3, 0.4) is 0 Å². The van der Waals surface area contributed by atoms with E-state index in [0.29, 0.717) is 13.2 Å². The Labute approximate surface area is 225 Å². The molecule has 0 amide bonds. The lowest BCUT2D eigenvalue weighted by Gasteiger charge is -2.32. The number of nitrogens with zero attached hydrogens (tertiary/aromatic N) is 4. The molecule has 12 heteroatoms. The summed E-state index contributed by atoms with van der Waals surface area (Å²) in [4.78, 5) is 23.8. The van der Waals surface area contributed by atoms with Gasteiger partial charge in [0.15, 0.2) is 17.8 Å². The van der Waals surface area contributed by atoms with Gasteiger partial charge in [-0.05, 0) is 53.4 Å². The van der Waals surface area contributed by atoms with Crippen LogP contribution in [-0.4, -0.2) is 68.1 Å². The largest absolute Gasteiger partial charge is 0.505 e. The third kappa shape index (κ3) is 7.38. The molecule has 0 bridgehead atoms. The molecule has 2 aromatic heterocycles. The molecule has 1 aliphatic heterocycles.